The highest BCUT2D eigenvalue weighted by Gasteiger charge is 2.04. The van der Waals surface area contributed by atoms with Gasteiger partial charge in [0.05, 0.1) is 0 Å². The van der Waals surface area contributed by atoms with Crippen LogP contribution in [-0.2, 0) is 0 Å². The maximum absolute atomic E-state index is 5.73. The fourth-order valence-corrected chi connectivity index (χ4v) is 0.943. The largest absolute Gasteiger partial charge is 0.321 e. The van der Waals surface area contributed by atoms with Gasteiger partial charge in [-0.3, -0.25) is 4.98 Å². The molecule has 0 aliphatic rings. The van der Waals surface area contributed by atoms with Crippen molar-refractivity contribution in [1.29, 1.82) is 0 Å². The summed E-state index contributed by atoms with van der Waals surface area (Å²) in [6, 6.07) is 1.60. The summed E-state index contributed by atoms with van der Waals surface area (Å²) in [4.78, 5) is 3.90. The van der Waals surface area contributed by atoms with Crippen LogP contribution in [0.1, 0.15) is 17.2 Å². The molecule has 0 aliphatic carbocycles. The van der Waals surface area contributed by atoms with Crippen LogP contribution >= 0.6 is 0 Å². The van der Waals surface area contributed by atoms with E-state index in [0.717, 1.165) is 11.1 Å². The summed E-state index contributed by atoms with van der Waals surface area (Å²) in [5.74, 6) is 2.52. The van der Waals surface area contributed by atoms with E-state index in [9.17, 15) is 0 Å². The number of hydrogen-bond donors (Lipinski definition) is 1. The van der Waals surface area contributed by atoms with Gasteiger partial charge < -0.3 is 5.73 Å². The number of rotatable bonds is 2. The lowest BCUT2D eigenvalue weighted by molar-refractivity contribution is 0.905. The number of nitrogens with two attached hydrogens (primary N) is 1. The Morgan fingerprint density at radius 3 is 3.08 bits per heavy atom. The van der Waals surface area contributed by atoms with E-state index < -0.39 is 0 Å². The molecule has 2 N–H and O–H groups in total. The lowest BCUT2D eigenvalue weighted by atomic mass is 10.0. The van der Waals surface area contributed by atoms with E-state index in [-0.39, 0.29) is 6.04 Å². The first-order valence-corrected chi connectivity index (χ1v) is 3.58. The van der Waals surface area contributed by atoms with Gasteiger partial charge in [-0.15, -0.1) is 13.0 Å². The van der Waals surface area contributed by atoms with E-state index in [1.54, 1.807) is 18.5 Å². The zero-order valence-corrected chi connectivity index (χ0v) is 6.70. The number of pyridine rings is 1. The third kappa shape index (κ3) is 1.52. The summed E-state index contributed by atoms with van der Waals surface area (Å²) < 4.78 is 0. The average Bonchev–Trinajstić information content (AvgIpc) is 2.16. The Bertz CT molecular complexity index is 323. The van der Waals surface area contributed by atoms with Crippen molar-refractivity contribution < 1.29 is 0 Å². The summed E-state index contributed by atoms with van der Waals surface area (Å²) in [6.07, 6.45) is 10.2. The second-order valence-electron chi connectivity index (χ2n) is 2.37. The zero-order chi connectivity index (χ0) is 8.97. The van der Waals surface area contributed by atoms with Crippen LogP contribution in [0.4, 0.5) is 0 Å². The topological polar surface area (TPSA) is 38.9 Å². The van der Waals surface area contributed by atoms with E-state index in [2.05, 4.69) is 17.5 Å². The highest BCUT2D eigenvalue weighted by atomic mass is 14.7. The molecule has 2 nitrogen and oxygen atoms in total. The molecule has 0 saturated carbocycles. The van der Waals surface area contributed by atoms with Crippen molar-refractivity contribution >= 4 is 0 Å². The third-order valence-electron chi connectivity index (χ3n) is 1.62. The van der Waals surface area contributed by atoms with E-state index in [4.69, 9.17) is 12.2 Å². The molecule has 12 heavy (non-hydrogen) atoms. The fourth-order valence-electron chi connectivity index (χ4n) is 0.943. The second-order valence-corrected chi connectivity index (χ2v) is 2.37. The van der Waals surface area contributed by atoms with Gasteiger partial charge in [0.25, 0.3) is 0 Å². The predicted molar refractivity (Wildman–Crippen MR) is 49.3 cm³/mol. The first-order chi connectivity index (χ1) is 5.79. The monoisotopic (exact) mass is 158 g/mol. The molecule has 0 radical (unpaired) electrons. The minimum absolute atomic E-state index is 0.209. The molecule has 1 rings (SSSR count). The molecule has 1 aromatic rings. The quantitative estimate of drug-likeness (QED) is 0.519. The standard InChI is InChI=1S/C10H10N2/c1-3-8-7-12-6-5-9(8)10(11)4-2/h1,4-7,10H,2,11H2. The van der Waals surface area contributed by atoms with Gasteiger partial charge >= 0.3 is 0 Å². The van der Waals surface area contributed by atoms with Crippen LogP contribution in [0.5, 0.6) is 0 Å². The summed E-state index contributed by atoms with van der Waals surface area (Å²) in [6.45, 7) is 3.60. The molecule has 1 atom stereocenters. The molecule has 60 valence electrons. The van der Waals surface area contributed by atoms with Crippen molar-refractivity contribution in [3.8, 4) is 12.3 Å². The Labute approximate surface area is 72.1 Å². The Balaban J connectivity index is 3.15. The molecule has 0 saturated heterocycles. The van der Waals surface area contributed by atoms with Crippen LogP contribution in [0.25, 0.3) is 0 Å². The van der Waals surface area contributed by atoms with E-state index in [0.29, 0.717) is 0 Å². The van der Waals surface area contributed by atoms with Crippen molar-refractivity contribution in [2.75, 3.05) is 0 Å². The minimum Gasteiger partial charge on any atom is -0.321 e. The van der Waals surface area contributed by atoms with E-state index in [1.807, 2.05) is 6.07 Å². The SMILES string of the molecule is C#Cc1cnccc1C(N)C=C. The summed E-state index contributed by atoms with van der Waals surface area (Å²) >= 11 is 0. The van der Waals surface area contributed by atoms with Crippen molar-refractivity contribution in [2.45, 2.75) is 6.04 Å². The highest BCUT2D eigenvalue weighted by Crippen LogP contribution is 2.14. The lowest BCUT2D eigenvalue weighted by Crippen LogP contribution is -2.08. The Morgan fingerprint density at radius 1 is 1.75 bits per heavy atom. The van der Waals surface area contributed by atoms with Gasteiger partial charge in [0, 0.05) is 24.0 Å². The molecule has 0 amide bonds. The Kier molecular flexibility index (Phi) is 2.62. The smallest absolute Gasteiger partial charge is 0.0492 e. The van der Waals surface area contributed by atoms with Crippen molar-refractivity contribution in [3.63, 3.8) is 0 Å². The number of hydrogen-bond acceptors (Lipinski definition) is 2. The molecule has 2 heteroatoms. The predicted octanol–water partition coefficient (Wildman–Crippen LogP) is 1.25. The second kappa shape index (κ2) is 3.70. The van der Waals surface area contributed by atoms with Gasteiger partial charge in [0.1, 0.15) is 0 Å². The average molecular weight is 158 g/mol. The van der Waals surface area contributed by atoms with E-state index >= 15 is 0 Å². The molecule has 1 heterocycles. The Morgan fingerprint density at radius 2 is 2.50 bits per heavy atom. The van der Waals surface area contributed by atoms with Crippen LogP contribution in [0.3, 0.4) is 0 Å². The van der Waals surface area contributed by atoms with Gasteiger partial charge in [0.2, 0.25) is 0 Å². The van der Waals surface area contributed by atoms with Crippen LogP contribution in [0, 0.1) is 12.3 Å². The first kappa shape index (κ1) is 8.51. The number of nitrogens with zero attached hydrogens (tertiary/aromatic N) is 1. The molecular formula is C10H10N2. The van der Waals surface area contributed by atoms with Crippen LogP contribution in [-0.4, -0.2) is 4.98 Å². The van der Waals surface area contributed by atoms with Gasteiger partial charge in [-0.25, -0.2) is 0 Å². The molecule has 0 bridgehead atoms. The molecule has 0 fully saturated rings. The van der Waals surface area contributed by atoms with Gasteiger partial charge in [-0.05, 0) is 11.6 Å². The first-order valence-electron chi connectivity index (χ1n) is 3.58. The van der Waals surface area contributed by atoms with Gasteiger partial charge in [0.15, 0.2) is 0 Å². The maximum atomic E-state index is 5.73. The normalized spacial score (nSPS) is 11.7. The molecular weight excluding hydrogens is 148 g/mol. The summed E-state index contributed by atoms with van der Waals surface area (Å²) in [7, 11) is 0. The van der Waals surface area contributed by atoms with Crippen molar-refractivity contribution in [3.05, 3.63) is 42.2 Å². The van der Waals surface area contributed by atoms with Gasteiger partial charge in [-0.1, -0.05) is 12.0 Å². The van der Waals surface area contributed by atoms with Crippen molar-refractivity contribution in [1.82, 2.24) is 4.98 Å². The zero-order valence-electron chi connectivity index (χ0n) is 6.70. The minimum atomic E-state index is -0.209. The van der Waals surface area contributed by atoms with Crippen LogP contribution in [0.15, 0.2) is 31.1 Å². The maximum Gasteiger partial charge on any atom is 0.0492 e. The summed E-state index contributed by atoms with van der Waals surface area (Å²) in [5, 5.41) is 0. The fraction of sp³-hybridized carbons (Fsp3) is 0.100. The van der Waals surface area contributed by atoms with Gasteiger partial charge in [-0.2, -0.15) is 0 Å². The lowest BCUT2D eigenvalue weighted by Gasteiger charge is -2.07. The number of aromatic nitrogens is 1. The van der Waals surface area contributed by atoms with Crippen LogP contribution in [0.2, 0.25) is 0 Å². The summed E-state index contributed by atoms with van der Waals surface area (Å²) in [5.41, 5.74) is 7.35. The number of terminal acetylenes is 1. The molecule has 1 unspecified atom stereocenters. The molecule has 0 aliphatic heterocycles. The van der Waals surface area contributed by atoms with Crippen LogP contribution < -0.4 is 5.73 Å². The van der Waals surface area contributed by atoms with Crippen molar-refractivity contribution in [2.24, 2.45) is 5.73 Å². The molecule has 0 spiro atoms. The van der Waals surface area contributed by atoms with E-state index in [1.165, 1.54) is 0 Å². The highest BCUT2D eigenvalue weighted by molar-refractivity contribution is 5.40. The Hall–Kier alpha value is -1.59. The molecule has 0 aromatic carbocycles. The third-order valence-corrected chi connectivity index (χ3v) is 1.62. The molecule has 1 aromatic heterocycles.